The maximum atomic E-state index is 6.03. The van der Waals surface area contributed by atoms with Gasteiger partial charge in [0.2, 0.25) is 5.89 Å². The topological polar surface area (TPSA) is 68.2 Å². The molecule has 1 saturated heterocycles. The molecule has 0 saturated carbocycles. The summed E-state index contributed by atoms with van der Waals surface area (Å²) in [5, 5.41) is 4.09. The Hall–Kier alpha value is -0.240. The number of nitrogens with zero attached hydrogens (tertiary/aromatic N) is 3. The number of nitrogens with two attached hydrogens (primary N) is 1. The summed E-state index contributed by atoms with van der Waals surface area (Å²) in [6.45, 7) is 1.07. The van der Waals surface area contributed by atoms with E-state index < -0.39 is 0 Å². The Morgan fingerprint density at radius 2 is 2.50 bits per heavy atom. The molecule has 1 unspecified atom stereocenters. The fourth-order valence-corrected chi connectivity index (χ4v) is 3.56. The lowest BCUT2D eigenvalue weighted by atomic mass is 10.2. The van der Waals surface area contributed by atoms with Gasteiger partial charge in [0.05, 0.1) is 12.1 Å². The first-order valence-electron chi connectivity index (χ1n) is 6.08. The van der Waals surface area contributed by atoms with Gasteiger partial charge in [0.1, 0.15) is 0 Å². The second-order valence-corrected chi connectivity index (χ2v) is 6.59. The molecule has 2 heterocycles. The Labute approximate surface area is 116 Å². The highest BCUT2D eigenvalue weighted by atomic mass is 32.2. The minimum absolute atomic E-state index is 0.139. The molecule has 18 heavy (non-hydrogen) atoms. The van der Waals surface area contributed by atoms with Crippen molar-refractivity contribution >= 4 is 23.5 Å². The molecule has 0 bridgehead atoms. The second-order valence-electron chi connectivity index (χ2n) is 4.45. The molecule has 102 valence electrons. The Kier molecular flexibility index (Phi) is 5.35. The van der Waals surface area contributed by atoms with Crippen LogP contribution >= 0.6 is 23.5 Å². The molecule has 2 rings (SSSR count). The van der Waals surface area contributed by atoms with E-state index in [1.165, 1.54) is 5.75 Å². The third-order valence-corrected chi connectivity index (χ3v) is 4.77. The van der Waals surface area contributed by atoms with Crippen LogP contribution in [-0.4, -0.2) is 52.1 Å². The SMILES string of the molecule is CSCC[C@H](N)c1nc(C2CSCCN2C)no1. The molecule has 1 aliphatic rings. The van der Waals surface area contributed by atoms with Gasteiger partial charge in [-0.25, -0.2) is 0 Å². The van der Waals surface area contributed by atoms with Crippen molar-refractivity contribution in [2.24, 2.45) is 5.73 Å². The van der Waals surface area contributed by atoms with Crippen LogP contribution in [0.1, 0.15) is 30.2 Å². The zero-order valence-corrected chi connectivity index (χ0v) is 12.5. The van der Waals surface area contributed by atoms with Gasteiger partial charge in [0.15, 0.2) is 5.82 Å². The van der Waals surface area contributed by atoms with Crippen LogP contribution in [0.5, 0.6) is 0 Å². The average molecular weight is 288 g/mol. The van der Waals surface area contributed by atoms with Gasteiger partial charge >= 0.3 is 0 Å². The average Bonchev–Trinajstić information content (AvgIpc) is 2.86. The Morgan fingerprint density at radius 3 is 3.22 bits per heavy atom. The number of rotatable bonds is 5. The Morgan fingerprint density at radius 1 is 1.67 bits per heavy atom. The van der Waals surface area contributed by atoms with Crippen LogP contribution in [0, 0.1) is 0 Å². The third kappa shape index (κ3) is 3.40. The van der Waals surface area contributed by atoms with Crippen molar-refractivity contribution in [1.82, 2.24) is 15.0 Å². The van der Waals surface area contributed by atoms with Gasteiger partial charge in [0, 0.05) is 18.1 Å². The molecule has 1 aliphatic heterocycles. The molecule has 7 heteroatoms. The molecule has 0 radical (unpaired) electrons. The molecule has 5 nitrogen and oxygen atoms in total. The van der Waals surface area contributed by atoms with Gasteiger partial charge in [-0.1, -0.05) is 5.16 Å². The van der Waals surface area contributed by atoms with Crippen LogP contribution in [0.2, 0.25) is 0 Å². The molecule has 1 aromatic rings. The zero-order chi connectivity index (χ0) is 13.0. The summed E-state index contributed by atoms with van der Waals surface area (Å²) in [6.07, 6.45) is 2.94. The molecule has 0 aromatic carbocycles. The first-order valence-corrected chi connectivity index (χ1v) is 8.63. The summed E-state index contributed by atoms with van der Waals surface area (Å²) in [6, 6.07) is 0.120. The van der Waals surface area contributed by atoms with Crippen LogP contribution in [-0.2, 0) is 0 Å². The first-order chi connectivity index (χ1) is 8.72. The smallest absolute Gasteiger partial charge is 0.243 e. The van der Waals surface area contributed by atoms with Crippen molar-refractivity contribution in [2.75, 3.05) is 37.1 Å². The van der Waals surface area contributed by atoms with Gasteiger partial charge in [-0.15, -0.1) is 0 Å². The van der Waals surface area contributed by atoms with E-state index in [-0.39, 0.29) is 12.1 Å². The molecule has 0 amide bonds. The number of thioether (sulfide) groups is 2. The molecule has 0 spiro atoms. The van der Waals surface area contributed by atoms with Crippen molar-refractivity contribution in [3.63, 3.8) is 0 Å². The normalized spacial score (nSPS) is 23.2. The maximum Gasteiger partial charge on any atom is 0.243 e. The monoisotopic (exact) mass is 288 g/mol. The van der Waals surface area contributed by atoms with Gasteiger partial charge < -0.3 is 10.3 Å². The van der Waals surface area contributed by atoms with Gasteiger partial charge in [-0.3, -0.25) is 4.90 Å². The summed E-state index contributed by atoms with van der Waals surface area (Å²) >= 11 is 3.71. The summed E-state index contributed by atoms with van der Waals surface area (Å²) in [5.74, 6) is 4.56. The summed E-state index contributed by atoms with van der Waals surface area (Å²) in [5.41, 5.74) is 6.03. The van der Waals surface area contributed by atoms with E-state index in [0.29, 0.717) is 5.89 Å². The van der Waals surface area contributed by atoms with Crippen LogP contribution in [0.3, 0.4) is 0 Å². The van der Waals surface area contributed by atoms with E-state index >= 15 is 0 Å². The Bertz CT molecular complexity index is 374. The lowest BCUT2D eigenvalue weighted by Gasteiger charge is -2.29. The van der Waals surface area contributed by atoms with Crippen molar-refractivity contribution in [3.8, 4) is 0 Å². The maximum absolute atomic E-state index is 6.03. The minimum atomic E-state index is -0.139. The zero-order valence-electron chi connectivity index (χ0n) is 10.8. The van der Waals surface area contributed by atoms with E-state index in [0.717, 1.165) is 30.3 Å². The lowest BCUT2D eigenvalue weighted by molar-refractivity contribution is 0.256. The summed E-state index contributed by atoms with van der Waals surface area (Å²) in [7, 11) is 2.11. The number of aromatic nitrogens is 2. The van der Waals surface area contributed by atoms with Crippen LogP contribution in [0.4, 0.5) is 0 Å². The predicted molar refractivity (Wildman–Crippen MR) is 76.9 cm³/mol. The molecule has 2 N–H and O–H groups in total. The van der Waals surface area contributed by atoms with E-state index in [4.69, 9.17) is 10.3 Å². The summed E-state index contributed by atoms with van der Waals surface area (Å²) < 4.78 is 5.29. The van der Waals surface area contributed by atoms with Crippen LogP contribution < -0.4 is 5.73 Å². The van der Waals surface area contributed by atoms with E-state index in [9.17, 15) is 0 Å². The molecule has 1 aromatic heterocycles. The largest absolute Gasteiger partial charge is 0.338 e. The highest BCUT2D eigenvalue weighted by Gasteiger charge is 2.26. The fraction of sp³-hybridized carbons (Fsp3) is 0.818. The van der Waals surface area contributed by atoms with Gasteiger partial charge in [-0.05, 0) is 25.5 Å². The van der Waals surface area contributed by atoms with Crippen LogP contribution in [0.25, 0.3) is 0 Å². The minimum Gasteiger partial charge on any atom is -0.338 e. The van der Waals surface area contributed by atoms with Crippen molar-refractivity contribution < 1.29 is 4.52 Å². The standard InChI is InChI=1S/C11H20N4OS2/c1-15-4-6-18-7-9(15)10-13-11(16-14-10)8(12)3-5-17-2/h8-9H,3-7,12H2,1-2H3/t8-,9?/m0/s1. The molecule has 1 fully saturated rings. The Balaban J connectivity index is 2.00. The van der Waals surface area contributed by atoms with Gasteiger partial charge in [-0.2, -0.15) is 28.5 Å². The third-order valence-electron chi connectivity index (χ3n) is 3.10. The molecule has 0 aliphatic carbocycles. The van der Waals surface area contributed by atoms with Crippen molar-refractivity contribution in [2.45, 2.75) is 18.5 Å². The molecular formula is C11H20N4OS2. The first kappa shape index (κ1) is 14.2. The van der Waals surface area contributed by atoms with E-state index in [1.807, 2.05) is 11.8 Å². The quantitative estimate of drug-likeness (QED) is 0.881. The number of hydrogen-bond donors (Lipinski definition) is 1. The van der Waals surface area contributed by atoms with Crippen LogP contribution in [0.15, 0.2) is 4.52 Å². The molecule has 2 atom stereocenters. The van der Waals surface area contributed by atoms with E-state index in [1.54, 1.807) is 11.8 Å². The second kappa shape index (κ2) is 6.79. The van der Waals surface area contributed by atoms with Crippen molar-refractivity contribution in [3.05, 3.63) is 11.7 Å². The van der Waals surface area contributed by atoms with Gasteiger partial charge in [0.25, 0.3) is 0 Å². The predicted octanol–water partition coefficient (Wildman–Crippen LogP) is 1.54. The molecular weight excluding hydrogens is 268 g/mol. The highest BCUT2D eigenvalue weighted by Crippen LogP contribution is 2.27. The number of hydrogen-bond acceptors (Lipinski definition) is 7. The summed E-state index contributed by atoms with van der Waals surface area (Å²) in [4.78, 5) is 6.75. The fourth-order valence-electron chi connectivity index (χ4n) is 1.86. The lowest BCUT2D eigenvalue weighted by Crippen LogP contribution is -2.33. The van der Waals surface area contributed by atoms with E-state index in [2.05, 4.69) is 28.3 Å². The van der Waals surface area contributed by atoms with Crippen molar-refractivity contribution in [1.29, 1.82) is 0 Å². The highest BCUT2D eigenvalue weighted by molar-refractivity contribution is 7.99.